The third-order valence-corrected chi connectivity index (χ3v) is 0.806. The molecular formula is C7H7O5. The van der Waals surface area contributed by atoms with Gasteiger partial charge in [-0.05, 0) is 0 Å². The maximum absolute atomic E-state index is 10.6. The summed E-state index contributed by atoms with van der Waals surface area (Å²) in [4.78, 5) is 30.5. The third kappa shape index (κ3) is 5.16. The second kappa shape index (κ2) is 6.09. The summed E-state index contributed by atoms with van der Waals surface area (Å²) < 4.78 is 8.14. The van der Waals surface area contributed by atoms with Crippen LogP contribution in [-0.4, -0.2) is 25.0 Å². The van der Waals surface area contributed by atoms with Crippen molar-refractivity contribution in [3.8, 4) is 0 Å². The lowest BCUT2D eigenvalue weighted by Gasteiger charge is -1.98. The number of hydrogen-bond donors (Lipinski definition) is 0. The minimum absolute atomic E-state index is 0.0247. The molecule has 0 aliphatic carbocycles. The first-order valence-electron chi connectivity index (χ1n) is 3.04. The van der Waals surface area contributed by atoms with Gasteiger partial charge in [-0.2, -0.15) is 0 Å². The number of carbonyl (C=O) groups is 2. The third-order valence-electron chi connectivity index (χ3n) is 0.806. The zero-order valence-corrected chi connectivity index (χ0v) is 6.24. The predicted molar refractivity (Wildman–Crippen MR) is 37.6 cm³/mol. The first-order valence-corrected chi connectivity index (χ1v) is 3.04. The molecule has 0 aliphatic heterocycles. The fraction of sp³-hybridized carbons (Fsp3) is 0.286. The lowest BCUT2D eigenvalue weighted by Crippen LogP contribution is -2.13. The molecule has 0 saturated heterocycles. The molecule has 0 rings (SSSR count). The minimum Gasteiger partial charge on any atom is -0.461 e. The molecule has 1 radical (unpaired) electrons. The Bertz CT molecular complexity index is 196. The van der Waals surface area contributed by atoms with Gasteiger partial charge in [0.2, 0.25) is 0 Å². The quantitative estimate of drug-likeness (QED) is 0.323. The van der Waals surface area contributed by atoms with E-state index in [-0.39, 0.29) is 6.61 Å². The summed E-state index contributed by atoms with van der Waals surface area (Å²) in [5, 5.41) is 0. The maximum atomic E-state index is 10.6. The van der Waals surface area contributed by atoms with E-state index in [4.69, 9.17) is 0 Å². The molecule has 5 heteroatoms. The van der Waals surface area contributed by atoms with Crippen molar-refractivity contribution in [1.29, 1.82) is 0 Å². The number of ether oxygens (including phenoxy) is 2. The molecule has 65 valence electrons. The molecule has 0 unspecified atom stereocenters. The Morgan fingerprint density at radius 3 is 2.58 bits per heavy atom. The van der Waals surface area contributed by atoms with E-state index >= 15 is 0 Å². The monoisotopic (exact) mass is 171 g/mol. The highest BCUT2D eigenvalue weighted by molar-refractivity contribution is 5.93. The van der Waals surface area contributed by atoms with Crippen molar-refractivity contribution in [2.24, 2.45) is 0 Å². The molecule has 0 heterocycles. The highest BCUT2D eigenvalue weighted by Gasteiger charge is 2.10. The van der Waals surface area contributed by atoms with Crippen LogP contribution in [-0.2, 0) is 23.9 Å². The Balaban J connectivity index is 3.60. The summed E-state index contributed by atoms with van der Waals surface area (Å²) in [7, 11) is 0. The normalized spacial score (nSPS) is 8.33. The van der Waals surface area contributed by atoms with Gasteiger partial charge in [0.1, 0.15) is 13.0 Å². The molecule has 0 spiro atoms. The van der Waals surface area contributed by atoms with Crippen molar-refractivity contribution >= 4 is 18.4 Å². The second-order valence-corrected chi connectivity index (χ2v) is 1.71. The highest BCUT2D eigenvalue weighted by Crippen LogP contribution is 1.89. The Kier molecular flexibility index (Phi) is 5.25. The van der Waals surface area contributed by atoms with Gasteiger partial charge in [0, 0.05) is 0 Å². The van der Waals surface area contributed by atoms with E-state index in [0.29, 0.717) is 0 Å². The molecule has 5 nitrogen and oxygen atoms in total. The van der Waals surface area contributed by atoms with Crippen LogP contribution < -0.4 is 0 Å². The van der Waals surface area contributed by atoms with Crippen molar-refractivity contribution in [3.05, 3.63) is 12.7 Å². The van der Waals surface area contributed by atoms with Gasteiger partial charge in [0.05, 0.1) is 0 Å². The van der Waals surface area contributed by atoms with Crippen LogP contribution in [0.25, 0.3) is 0 Å². The zero-order chi connectivity index (χ0) is 9.40. The predicted octanol–water partition coefficient (Wildman–Crippen LogP) is -0.284. The van der Waals surface area contributed by atoms with Crippen LogP contribution in [0, 0.1) is 0 Å². The van der Waals surface area contributed by atoms with Crippen LogP contribution in [0.3, 0.4) is 0 Å². The van der Waals surface area contributed by atoms with Gasteiger partial charge in [-0.1, -0.05) is 12.7 Å². The molecular weight excluding hydrogens is 164 g/mol. The largest absolute Gasteiger partial charge is 0.461 e. The summed E-state index contributed by atoms with van der Waals surface area (Å²) in [5.41, 5.74) is 0. The molecule has 0 bridgehead atoms. The van der Waals surface area contributed by atoms with Crippen LogP contribution in [0.15, 0.2) is 12.7 Å². The van der Waals surface area contributed by atoms with Gasteiger partial charge in [-0.25, -0.2) is 4.79 Å². The van der Waals surface area contributed by atoms with Gasteiger partial charge in [0.25, 0.3) is 0 Å². The van der Waals surface area contributed by atoms with E-state index in [9.17, 15) is 14.4 Å². The van der Waals surface area contributed by atoms with Crippen molar-refractivity contribution < 1.29 is 23.9 Å². The van der Waals surface area contributed by atoms with Crippen molar-refractivity contribution in [3.63, 3.8) is 0 Å². The van der Waals surface area contributed by atoms with Gasteiger partial charge in [-0.15, -0.1) is 0 Å². The van der Waals surface area contributed by atoms with Gasteiger partial charge in [-0.3, -0.25) is 9.59 Å². The SMILES string of the molecule is C=CCOC(=O)CC(=O)O[C]=O. The Hall–Kier alpha value is -1.65. The summed E-state index contributed by atoms with van der Waals surface area (Å²) in [6.07, 6.45) is 0.762. The lowest BCUT2D eigenvalue weighted by molar-refractivity contribution is -0.149. The average Bonchev–Trinajstić information content (AvgIpc) is 2.01. The first-order chi connectivity index (χ1) is 5.70. The molecule has 0 aromatic carbocycles. The van der Waals surface area contributed by atoms with E-state index in [2.05, 4.69) is 16.1 Å². The molecule has 0 aliphatic rings. The smallest absolute Gasteiger partial charge is 0.425 e. The maximum Gasteiger partial charge on any atom is 0.425 e. The van der Waals surface area contributed by atoms with Crippen LogP contribution in [0.2, 0.25) is 0 Å². The van der Waals surface area contributed by atoms with Gasteiger partial charge < -0.3 is 9.47 Å². The van der Waals surface area contributed by atoms with E-state index in [1.54, 1.807) is 0 Å². The highest BCUT2D eigenvalue weighted by atomic mass is 16.6. The number of carbonyl (C=O) groups excluding carboxylic acids is 3. The molecule has 12 heavy (non-hydrogen) atoms. The van der Waals surface area contributed by atoms with Crippen LogP contribution >= 0.6 is 0 Å². The summed E-state index contributed by atoms with van der Waals surface area (Å²) in [5.74, 6) is -1.76. The van der Waals surface area contributed by atoms with E-state index < -0.39 is 18.4 Å². The second-order valence-electron chi connectivity index (χ2n) is 1.71. The van der Waals surface area contributed by atoms with Crippen LogP contribution in [0.5, 0.6) is 0 Å². The van der Waals surface area contributed by atoms with Crippen LogP contribution in [0.1, 0.15) is 6.42 Å². The first kappa shape index (κ1) is 10.3. The van der Waals surface area contributed by atoms with Crippen molar-refractivity contribution in [1.82, 2.24) is 0 Å². The summed E-state index contributed by atoms with van der Waals surface area (Å²) >= 11 is 0. The van der Waals surface area contributed by atoms with E-state index in [1.807, 2.05) is 0 Å². The van der Waals surface area contributed by atoms with Crippen LogP contribution in [0.4, 0.5) is 0 Å². The Morgan fingerprint density at radius 1 is 1.42 bits per heavy atom. The molecule has 0 N–H and O–H groups in total. The Morgan fingerprint density at radius 2 is 2.08 bits per heavy atom. The fourth-order valence-electron chi connectivity index (χ4n) is 0.403. The average molecular weight is 171 g/mol. The number of rotatable bonds is 5. The van der Waals surface area contributed by atoms with E-state index in [1.165, 1.54) is 6.08 Å². The van der Waals surface area contributed by atoms with Crippen molar-refractivity contribution in [2.45, 2.75) is 6.42 Å². The van der Waals surface area contributed by atoms with Gasteiger partial charge >= 0.3 is 18.4 Å². The Labute approximate surface area is 69.0 Å². The minimum atomic E-state index is -0.987. The molecule has 0 aromatic rings. The standard InChI is InChI=1S/C7H7O5/c1-2-3-11-6(9)4-7(10)12-5-8/h2H,1,3-4H2. The summed E-state index contributed by atoms with van der Waals surface area (Å²) in [6, 6.07) is 0. The number of hydrogen-bond acceptors (Lipinski definition) is 5. The number of esters is 2. The lowest BCUT2D eigenvalue weighted by atomic mass is 10.4. The molecule has 0 aromatic heterocycles. The topological polar surface area (TPSA) is 69.7 Å². The van der Waals surface area contributed by atoms with Crippen molar-refractivity contribution in [2.75, 3.05) is 6.61 Å². The zero-order valence-electron chi connectivity index (χ0n) is 6.24. The fourth-order valence-corrected chi connectivity index (χ4v) is 0.403. The molecule has 0 saturated carbocycles. The summed E-state index contributed by atoms with van der Waals surface area (Å²) in [6.45, 7) is 4.22. The molecule has 0 atom stereocenters. The van der Waals surface area contributed by atoms with E-state index in [0.717, 1.165) is 6.47 Å². The molecule has 0 fully saturated rings. The molecule has 0 amide bonds. The van der Waals surface area contributed by atoms with Gasteiger partial charge in [0.15, 0.2) is 0 Å².